The fraction of sp³-hybridized carbons (Fsp3) is 0.672. The van der Waals surface area contributed by atoms with E-state index in [9.17, 15) is 14.4 Å². The van der Waals surface area contributed by atoms with Crippen LogP contribution in [0.5, 0.6) is 0 Å². The van der Waals surface area contributed by atoms with E-state index in [1.54, 1.807) is 0 Å². The van der Waals surface area contributed by atoms with Crippen molar-refractivity contribution in [1.29, 1.82) is 0 Å². The molecule has 70 heavy (non-hydrogen) atoms. The summed E-state index contributed by atoms with van der Waals surface area (Å²) in [5, 5.41) is 0. The van der Waals surface area contributed by atoms with Crippen LogP contribution in [0.4, 0.5) is 0 Å². The quantitative estimate of drug-likeness (QED) is 0.0262. The molecule has 6 nitrogen and oxygen atoms in total. The van der Waals surface area contributed by atoms with Crippen molar-refractivity contribution in [2.24, 2.45) is 0 Å². The molecule has 0 radical (unpaired) electrons. The largest absolute Gasteiger partial charge is 0.462 e. The predicted molar refractivity (Wildman–Crippen MR) is 302 cm³/mol. The van der Waals surface area contributed by atoms with E-state index in [-0.39, 0.29) is 31.1 Å². The second-order valence-corrected chi connectivity index (χ2v) is 18.8. The Labute approximate surface area is 431 Å². The molecule has 1 atom stereocenters. The van der Waals surface area contributed by atoms with Crippen molar-refractivity contribution in [3.63, 3.8) is 0 Å². The molecule has 0 amide bonds. The predicted octanol–water partition coefficient (Wildman–Crippen LogP) is 19.5. The molecule has 6 heteroatoms. The fourth-order valence-electron chi connectivity index (χ4n) is 7.69. The molecule has 0 fully saturated rings. The Morgan fingerprint density at radius 1 is 0.300 bits per heavy atom. The van der Waals surface area contributed by atoms with Crippen molar-refractivity contribution in [1.82, 2.24) is 0 Å². The topological polar surface area (TPSA) is 78.9 Å². The van der Waals surface area contributed by atoms with Gasteiger partial charge >= 0.3 is 17.9 Å². The summed E-state index contributed by atoms with van der Waals surface area (Å²) in [5.74, 6) is -0.925. The van der Waals surface area contributed by atoms with Crippen LogP contribution in [-0.2, 0) is 28.6 Å². The standard InChI is InChI=1S/C64H106O6/c1-4-7-10-13-15-17-19-21-23-25-26-27-28-29-30-31-32-33-34-35-36-37-38-39-41-42-44-46-48-51-54-57-63(66)69-60-61(59-68-62(65)56-53-50-12-9-6-3)70-64(67)58-55-52-49-47-45-43-40-24-22-20-18-16-14-11-8-5-2/h7,10,15,17,21,23-24,26-27,29-30,32-33,35-36,38-40,61H,4-6,8-9,11-14,16,18-20,22,25,28,31,34,37,41-60H2,1-3H3/b10-7-,17-15-,23-21-,27-26-,30-29-,33-32-,36-35-,39-38-,40-24-. The zero-order valence-corrected chi connectivity index (χ0v) is 45.5. The van der Waals surface area contributed by atoms with Gasteiger partial charge in [0.05, 0.1) is 0 Å². The number of esters is 3. The van der Waals surface area contributed by atoms with Gasteiger partial charge in [0.1, 0.15) is 13.2 Å². The van der Waals surface area contributed by atoms with E-state index in [4.69, 9.17) is 14.2 Å². The lowest BCUT2D eigenvalue weighted by Gasteiger charge is -2.18. The third-order valence-corrected chi connectivity index (χ3v) is 12.0. The number of ether oxygens (including phenoxy) is 3. The molecule has 0 aliphatic rings. The summed E-state index contributed by atoms with van der Waals surface area (Å²) < 4.78 is 16.7. The number of rotatable bonds is 51. The van der Waals surface area contributed by atoms with Crippen LogP contribution in [0.25, 0.3) is 0 Å². The van der Waals surface area contributed by atoms with Crippen molar-refractivity contribution in [2.45, 2.75) is 264 Å². The van der Waals surface area contributed by atoms with Gasteiger partial charge in [-0.15, -0.1) is 0 Å². The summed E-state index contributed by atoms with van der Waals surface area (Å²) in [5.41, 5.74) is 0. The van der Waals surface area contributed by atoms with E-state index < -0.39 is 6.10 Å². The summed E-state index contributed by atoms with van der Waals surface area (Å²) in [7, 11) is 0. The highest BCUT2D eigenvalue weighted by atomic mass is 16.6. The maximum Gasteiger partial charge on any atom is 0.306 e. The van der Waals surface area contributed by atoms with Gasteiger partial charge in [-0.3, -0.25) is 14.4 Å². The summed E-state index contributed by atoms with van der Waals surface area (Å²) in [6.07, 6.45) is 78.4. The van der Waals surface area contributed by atoms with Gasteiger partial charge < -0.3 is 14.2 Å². The molecule has 0 heterocycles. The van der Waals surface area contributed by atoms with Crippen molar-refractivity contribution in [3.05, 3.63) is 109 Å². The molecule has 0 N–H and O–H groups in total. The Hall–Kier alpha value is -3.93. The van der Waals surface area contributed by atoms with Gasteiger partial charge in [0.25, 0.3) is 0 Å². The molecule has 0 aliphatic heterocycles. The lowest BCUT2D eigenvalue weighted by molar-refractivity contribution is -0.167. The second kappa shape index (κ2) is 57.6. The van der Waals surface area contributed by atoms with Crippen LogP contribution in [-0.4, -0.2) is 37.2 Å². The molecule has 0 spiro atoms. The van der Waals surface area contributed by atoms with Gasteiger partial charge in [-0.2, -0.15) is 0 Å². The van der Waals surface area contributed by atoms with Crippen molar-refractivity contribution in [3.8, 4) is 0 Å². The summed E-state index contributed by atoms with van der Waals surface area (Å²) >= 11 is 0. The normalized spacial score (nSPS) is 12.9. The van der Waals surface area contributed by atoms with Crippen LogP contribution in [0, 0.1) is 0 Å². The third kappa shape index (κ3) is 55.0. The highest BCUT2D eigenvalue weighted by Gasteiger charge is 2.19. The van der Waals surface area contributed by atoms with Crippen LogP contribution in [0.15, 0.2) is 109 Å². The smallest absolute Gasteiger partial charge is 0.306 e. The summed E-state index contributed by atoms with van der Waals surface area (Å²) in [6, 6.07) is 0. The summed E-state index contributed by atoms with van der Waals surface area (Å²) in [4.78, 5) is 37.8. The molecule has 0 aromatic rings. The number of carbonyl (C=O) groups is 3. The van der Waals surface area contributed by atoms with E-state index in [0.717, 1.165) is 141 Å². The Morgan fingerprint density at radius 2 is 0.557 bits per heavy atom. The monoisotopic (exact) mass is 971 g/mol. The minimum Gasteiger partial charge on any atom is -0.462 e. The zero-order valence-electron chi connectivity index (χ0n) is 45.5. The first kappa shape index (κ1) is 66.1. The Balaban J connectivity index is 4.13. The number of hydrogen-bond acceptors (Lipinski definition) is 6. The molecule has 0 bridgehead atoms. The van der Waals surface area contributed by atoms with E-state index in [1.165, 1.54) is 77.0 Å². The Bertz CT molecular complexity index is 1440. The number of hydrogen-bond donors (Lipinski definition) is 0. The average Bonchev–Trinajstić information content (AvgIpc) is 3.36. The molecule has 1 unspecified atom stereocenters. The van der Waals surface area contributed by atoms with E-state index in [1.807, 2.05) is 0 Å². The maximum absolute atomic E-state index is 12.8. The first-order chi connectivity index (χ1) is 34.5. The van der Waals surface area contributed by atoms with E-state index >= 15 is 0 Å². The molecule has 0 aromatic carbocycles. The molecule has 0 saturated carbocycles. The highest BCUT2D eigenvalue weighted by molar-refractivity contribution is 5.71. The van der Waals surface area contributed by atoms with Gasteiger partial charge in [-0.1, -0.05) is 239 Å². The van der Waals surface area contributed by atoms with Crippen LogP contribution in [0.1, 0.15) is 258 Å². The van der Waals surface area contributed by atoms with Gasteiger partial charge in [0, 0.05) is 19.3 Å². The fourth-order valence-corrected chi connectivity index (χ4v) is 7.69. The van der Waals surface area contributed by atoms with Gasteiger partial charge in [-0.25, -0.2) is 0 Å². The Morgan fingerprint density at radius 3 is 0.886 bits per heavy atom. The average molecular weight is 972 g/mol. The van der Waals surface area contributed by atoms with Crippen LogP contribution < -0.4 is 0 Å². The first-order valence-corrected chi connectivity index (χ1v) is 28.9. The zero-order chi connectivity index (χ0) is 50.7. The number of carbonyl (C=O) groups excluding carboxylic acids is 3. The Kier molecular flexibility index (Phi) is 54.4. The lowest BCUT2D eigenvalue weighted by Crippen LogP contribution is -2.30. The van der Waals surface area contributed by atoms with E-state index in [2.05, 4.69) is 130 Å². The van der Waals surface area contributed by atoms with E-state index in [0.29, 0.717) is 19.3 Å². The van der Waals surface area contributed by atoms with Crippen LogP contribution >= 0.6 is 0 Å². The van der Waals surface area contributed by atoms with Crippen molar-refractivity contribution < 1.29 is 28.6 Å². The molecule has 398 valence electrons. The lowest BCUT2D eigenvalue weighted by atomic mass is 10.1. The third-order valence-electron chi connectivity index (χ3n) is 12.0. The van der Waals surface area contributed by atoms with Crippen molar-refractivity contribution in [2.75, 3.05) is 13.2 Å². The second-order valence-electron chi connectivity index (χ2n) is 18.8. The van der Waals surface area contributed by atoms with Crippen LogP contribution in [0.3, 0.4) is 0 Å². The first-order valence-electron chi connectivity index (χ1n) is 28.9. The van der Waals surface area contributed by atoms with Crippen molar-refractivity contribution >= 4 is 17.9 Å². The maximum atomic E-state index is 12.8. The minimum absolute atomic E-state index is 0.0871. The molecular weight excluding hydrogens is 865 g/mol. The number of allylic oxidation sites excluding steroid dienone is 18. The molecule has 0 rings (SSSR count). The SMILES string of the molecule is CC/C=C\C/C=C\C/C=C\C/C=C\C/C=C\C/C=C\C/C=C\C/C=C\CCCCCCCCC(=O)OCC(COC(=O)CCCCCCC)OC(=O)CCCCCCC/C=C\CCCCCCCCC. The minimum atomic E-state index is -0.785. The van der Waals surface area contributed by atoms with Gasteiger partial charge in [0.15, 0.2) is 6.10 Å². The van der Waals surface area contributed by atoms with Gasteiger partial charge in [-0.05, 0) is 109 Å². The molecule has 0 aromatic heterocycles. The molecule has 0 aliphatic carbocycles. The molecular formula is C64H106O6. The summed E-state index contributed by atoms with van der Waals surface area (Å²) in [6.45, 7) is 6.42. The number of unbranched alkanes of at least 4 members (excludes halogenated alkanes) is 22. The molecule has 0 saturated heterocycles. The van der Waals surface area contributed by atoms with Gasteiger partial charge in [0.2, 0.25) is 0 Å². The highest BCUT2D eigenvalue weighted by Crippen LogP contribution is 2.14. The van der Waals surface area contributed by atoms with Crippen LogP contribution in [0.2, 0.25) is 0 Å².